The molecule has 0 spiro atoms. The fourth-order valence-corrected chi connectivity index (χ4v) is 19.4. The van der Waals surface area contributed by atoms with Crippen LogP contribution in [0.15, 0.2) is 0 Å². The van der Waals surface area contributed by atoms with Crippen molar-refractivity contribution in [1.82, 2.24) is 0 Å². The third kappa shape index (κ3) is 8.40. The summed E-state index contributed by atoms with van der Waals surface area (Å²) in [5.41, 5.74) is 0. The molecule has 0 aliphatic carbocycles. The molecule has 122 valence electrons. The van der Waals surface area contributed by atoms with Gasteiger partial charge in [0.1, 0.15) is 0 Å². The molecule has 0 aromatic heterocycles. The number of hydrogen-bond donors (Lipinski definition) is 1. The van der Waals surface area contributed by atoms with Crippen LogP contribution in [0.1, 0.15) is 33.6 Å². The van der Waals surface area contributed by atoms with Crippen LogP contribution in [0.5, 0.6) is 0 Å². The highest BCUT2D eigenvalue weighted by molar-refractivity contribution is 9.26. The van der Waals surface area contributed by atoms with Gasteiger partial charge in [-0.15, -0.1) is 0 Å². The normalized spacial score (nSPS) is 16.2. The molecule has 20 heavy (non-hydrogen) atoms. The molecule has 0 heterocycles. The number of hydrogen-bond acceptors (Lipinski definition) is 6. The van der Waals surface area contributed by atoms with Gasteiger partial charge in [-0.1, -0.05) is 35.4 Å². The van der Waals surface area contributed by atoms with Crippen molar-refractivity contribution >= 4 is 57.9 Å². The molecular weight excluding hydrogens is 361 g/mol. The maximum absolute atomic E-state index is 10.2. The maximum atomic E-state index is 10.2. The molecule has 1 N–H and O–H groups in total. The first kappa shape index (κ1) is 21.8. The highest BCUT2D eigenvalue weighted by Gasteiger charge is 2.34. The molecule has 0 aromatic rings. The van der Waals surface area contributed by atoms with Crippen LogP contribution in [0.3, 0.4) is 0 Å². The summed E-state index contributed by atoms with van der Waals surface area (Å²) in [4.78, 5) is 11.2. The van der Waals surface area contributed by atoms with Gasteiger partial charge in [-0.2, -0.15) is 0 Å². The Balaban J connectivity index is 4.15. The van der Waals surface area contributed by atoms with E-state index >= 15 is 0 Å². The van der Waals surface area contributed by atoms with Crippen molar-refractivity contribution < 1.29 is 9.22 Å². The standard InChI is InChI=1S/C12H30O2S4Si2/c1-8-11(19(4,5)13)15-17-18-16-12(9-2)20(6,7)14-10-3/h11-13H,8-10H2,1-7H3. The summed E-state index contributed by atoms with van der Waals surface area (Å²) in [6.45, 7) is 16.0. The molecule has 0 radical (unpaired) electrons. The number of rotatable bonds is 11. The average Bonchev–Trinajstić information content (AvgIpc) is 2.31. The minimum atomic E-state index is -2.02. The van der Waals surface area contributed by atoms with Crippen molar-refractivity contribution in [2.75, 3.05) is 6.61 Å². The van der Waals surface area contributed by atoms with E-state index in [0.717, 1.165) is 13.0 Å². The van der Waals surface area contributed by atoms with Crippen LogP contribution in [0, 0.1) is 0 Å². The predicted molar refractivity (Wildman–Crippen MR) is 107 cm³/mol. The van der Waals surface area contributed by atoms with E-state index in [-0.39, 0.29) is 0 Å². The summed E-state index contributed by atoms with van der Waals surface area (Å²) in [6, 6.07) is 0. The quantitative estimate of drug-likeness (QED) is 0.275. The smallest absolute Gasteiger partial charge is 0.200 e. The van der Waals surface area contributed by atoms with Crippen LogP contribution in [0.2, 0.25) is 26.2 Å². The van der Waals surface area contributed by atoms with E-state index in [1.165, 1.54) is 6.42 Å². The summed E-state index contributed by atoms with van der Waals surface area (Å²) in [6.07, 6.45) is 2.22. The Hall–Kier alpha value is 1.75. The predicted octanol–water partition coefficient (Wildman–Crippen LogP) is 5.74. The van der Waals surface area contributed by atoms with Gasteiger partial charge in [0, 0.05) is 16.4 Å². The second kappa shape index (κ2) is 10.5. The second-order valence-electron chi connectivity index (χ2n) is 5.81. The fourth-order valence-electron chi connectivity index (χ4n) is 1.95. The zero-order valence-corrected chi connectivity index (χ0v) is 19.0. The van der Waals surface area contributed by atoms with E-state index in [9.17, 15) is 4.80 Å². The van der Waals surface area contributed by atoms with Crippen molar-refractivity contribution in [1.29, 1.82) is 0 Å². The van der Waals surface area contributed by atoms with Gasteiger partial charge in [-0.3, -0.25) is 0 Å². The molecule has 0 aromatic carbocycles. The van der Waals surface area contributed by atoms with Gasteiger partial charge in [-0.25, -0.2) is 0 Å². The molecule has 0 fully saturated rings. The largest absolute Gasteiger partial charge is 0.431 e. The van der Waals surface area contributed by atoms with Crippen LogP contribution in [0.25, 0.3) is 0 Å². The summed E-state index contributed by atoms with van der Waals surface area (Å²) in [7, 11) is 3.91. The van der Waals surface area contributed by atoms with Crippen LogP contribution >= 0.6 is 41.2 Å². The summed E-state index contributed by atoms with van der Waals surface area (Å²) in [5, 5.41) is 0. The van der Waals surface area contributed by atoms with Crippen LogP contribution < -0.4 is 0 Å². The van der Waals surface area contributed by atoms with E-state index in [2.05, 4.69) is 33.9 Å². The SMILES string of the molecule is CCO[Si](C)(C)C(CC)SSSSC(CC)[Si](C)(C)O. The summed E-state index contributed by atoms with van der Waals surface area (Å²) < 4.78 is 5.99. The lowest BCUT2D eigenvalue weighted by molar-refractivity contribution is 0.327. The van der Waals surface area contributed by atoms with E-state index in [0.29, 0.717) is 9.75 Å². The van der Waals surface area contributed by atoms with Crippen LogP contribution in [0.4, 0.5) is 0 Å². The molecule has 0 aliphatic rings. The minimum absolute atomic E-state index is 0.415. The molecular formula is C12H30O2S4Si2. The zero-order chi connectivity index (χ0) is 15.8. The van der Waals surface area contributed by atoms with Gasteiger partial charge in [0.2, 0.25) is 0 Å². The van der Waals surface area contributed by atoms with Gasteiger partial charge >= 0.3 is 0 Å². The molecule has 0 amide bonds. The Morgan fingerprint density at radius 1 is 0.900 bits per heavy atom. The van der Waals surface area contributed by atoms with Gasteiger partial charge < -0.3 is 9.22 Å². The summed E-state index contributed by atoms with van der Waals surface area (Å²) in [5.74, 6) is 0. The molecule has 0 rings (SSSR count). The molecule has 2 nitrogen and oxygen atoms in total. The highest BCUT2D eigenvalue weighted by Crippen LogP contribution is 2.50. The molecule has 0 bridgehead atoms. The first-order valence-electron chi connectivity index (χ1n) is 7.20. The molecule has 0 saturated carbocycles. The lowest BCUT2D eigenvalue weighted by Gasteiger charge is -2.30. The first-order valence-corrected chi connectivity index (χ1v) is 18.2. The zero-order valence-electron chi connectivity index (χ0n) is 13.8. The Bertz CT molecular complexity index is 262. The fraction of sp³-hybridized carbons (Fsp3) is 1.00. The van der Waals surface area contributed by atoms with Crippen molar-refractivity contribution in [3.63, 3.8) is 0 Å². The van der Waals surface area contributed by atoms with Gasteiger partial charge in [-0.05, 0) is 65.6 Å². The van der Waals surface area contributed by atoms with Gasteiger partial charge in [0.25, 0.3) is 0 Å². The van der Waals surface area contributed by atoms with E-state index in [1.54, 1.807) is 0 Å². The topological polar surface area (TPSA) is 29.5 Å². The second-order valence-corrected chi connectivity index (χ2v) is 21.1. The average molecular weight is 391 g/mol. The van der Waals surface area contributed by atoms with E-state index in [4.69, 9.17) is 4.43 Å². The van der Waals surface area contributed by atoms with Crippen molar-refractivity contribution in [3.05, 3.63) is 0 Å². The van der Waals surface area contributed by atoms with Crippen LogP contribution in [-0.4, -0.2) is 37.8 Å². The molecule has 0 aliphatic heterocycles. The Morgan fingerprint density at radius 2 is 1.35 bits per heavy atom. The van der Waals surface area contributed by atoms with Crippen molar-refractivity contribution in [2.24, 2.45) is 0 Å². The monoisotopic (exact) mass is 390 g/mol. The molecule has 2 atom stereocenters. The van der Waals surface area contributed by atoms with Crippen LogP contribution in [-0.2, 0) is 4.43 Å². The third-order valence-electron chi connectivity index (χ3n) is 3.16. The Kier molecular flexibility index (Phi) is 11.4. The first-order chi connectivity index (χ1) is 9.19. The third-order valence-corrected chi connectivity index (χ3v) is 20.1. The highest BCUT2D eigenvalue weighted by atomic mass is 33.7. The van der Waals surface area contributed by atoms with Gasteiger partial charge in [0.05, 0.1) is 0 Å². The minimum Gasteiger partial charge on any atom is -0.431 e. The Morgan fingerprint density at radius 3 is 1.70 bits per heavy atom. The lowest BCUT2D eigenvalue weighted by atomic mass is 10.6. The molecule has 2 unspecified atom stereocenters. The molecule has 8 heteroatoms. The lowest BCUT2D eigenvalue weighted by Crippen LogP contribution is -2.42. The Labute approximate surface area is 142 Å². The maximum Gasteiger partial charge on any atom is 0.200 e. The van der Waals surface area contributed by atoms with Crippen molar-refractivity contribution in [2.45, 2.75) is 69.5 Å². The van der Waals surface area contributed by atoms with E-state index in [1.807, 2.05) is 54.3 Å². The van der Waals surface area contributed by atoms with E-state index < -0.39 is 16.6 Å². The van der Waals surface area contributed by atoms with Gasteiger partial charge in [0.15, 0.2) is 16.6 Å². The van der Waals surface area contributed by atoms with Crippen molar-refractivity contribution in [3.8, 4) is 0 Å². The molecule has 0 saturated heterocycles. The summed E-state index contributed by atoms with van der Waals surface area (Å²) >= 11 is 0.